The van der Waals surface area contributed by atoms with Gasteiger partial charge in [-0.3, -0.25) is 14.4 Å². The number of para-hydroxylation sites is 2. The standard InChI is InChI=1S/C20H26N4O3/c25-18(21-14-9-11-23(12-10-14)15-5-6-15)7-8-20(27)24-13-19(26)22-16-3-1-2-4-17(16)24/h1-4,14-15H,5-13H2,(H,21,25)(H,22,26). The fourth-order valence-electron chi connectivity index (χ4n) is 3.96. The van der Waals surface area contributed by atoms with E-state index in [-0.39, 0.29) is 43.1 Å². The first-order valence-corrected chi connectivity index (χ1v) is 9.83. The Hall–Kier alpha value is -2.41. The van der Waals surface area contributed by atoms with Crippen LogP contribution in [0.15, 0.2) is 24.3 Å². The molecular weight excluding hydrogens is 344 g/mol. The fraction of sp³-hybridized carbons (Fsp3) is 0.550. The molecule has 7 nitrogen and oxygen atoms in total. The minimum absolute atomic E-state index is 0.00288. The van der Waals surface area contributed by atoms with E-state index in [1.54, 1.807) is 12.1 Å². The quantitative estimate of drug-likeness (QED) is 0.823. The highest BCUT2D eigenvalue weighted by Crippen LogP contribution is 2.30. The molecule has 1 aromatic carbocycles. The number of hydrogen-bond acceptors (Lipinski definition) is 4. The van der Waals surface area contributed by atoms with Crippen molar-refractivity contribution in [3.8, 4) is 0 Å². The number of hydrogen-bond donors (Lipinski definition) is 2. The molecule has 1 saturated heterocycles. The number of nitrogens with zero attached hydrogens (tertiary/aromatic N) is 2. The van der Waals surface area contributed by atoms with Gasteiger partial charge in [0.15, 0.2) is 0 Å². The minimum atomic E-state index is -0.214. The number of carbonyl (C=O) groups is 3. The highest BCUT2D eigenvalue weighted by molar-refractivity contribution is 6.10. The zero-order valence-electron chi connectivity index (χ0n) is 15.4. The first-order chi connectivity index (χ1) is 13.1. The summed E-state index contributed by atoms with van der Waals surface area (Å²) in [5, 5.41) is 5.83. The molecule has 0 radical (unpaired) electrons. The molecule has 2 fully saturated rings. The molecule has 144 valence electrons. The maximum Gasteiger partial charge on any atom is 0.244 e. The van der Waals surface area contributed by atoms with Crippen LogP contribution in [0.3, 0.4) is 0 Å². The molecule has 2 N–H and O–H groups in total. The predicted octanol–water partition coefficient (Wildman–Crippen LogP) is 1.49. The van der Waals surface area contributed by atoms with Gasteiger partial charge in [0.05, 0.1) is 11.4 Å². The van der Waals surface area contributed by atoms with Gasteiger partial charge in [-0.25, -0.2) is 0 Å². The smallest absolute Gasteiger partial charge is 0.244 e. The van der Waals surface area contributed by atoms with Crippen LogP contribution >= 0.6 is 0 Å². The van der Waals surface area contributed by atoms with E-state index in [1.165, 1.54) is 17.7 Å². The summed E-state index contributed by atoms with van der Waals surface area (Å²) in [5.41, 5.74) is 1.32. The van der Waals surface area contributed by atoms with Crippen LogP contribution in [0, 0.1) is 0 Å². The van der Waals surface area contributed by atoms with Gasteiger partial charge >= 0.3 is 0 Å². The average molecular weight is 370 g/mol. The first kappa shape index (κ1) is 18.0. The summed E-state index contributed by atoms with van der Waals surface area (Å²) in [7, 11) is 0. The molecule has 3 aliphatic rings. The van der Waals surface area contributed by atoms with Gasteiger partial charge in [0.1, 0.15) is 6.54 Å². The van der Waals surface area contributed by atoms with Gasteiger partial charge in [0.25, 0.3) is 0 Å². The molecule has 1 aromatic rings. The maximum absolute atomic E-state index is 12.6. The summed E-state index contributed by atoms with van der Waals surface area (Å²) in [5.74, 6) is -0.493. The van der Waals surface area contributed by atoms with Crippen LogP contribution < -0.4 is 15.5 Å². The van der Waals surface area contributed by atoms with Crippen LogP contribution in [0.5, 0.6) is 0 Å². The second-order valence-corrected chi connectivity index (χ2v) is 7.65. The Labute approximate surface area is 159 Å². The van der Waals surface area contributed by atoms with Crippen LogP contribution in [-0.2, 0) is 14.4 Å². The Morgan fingerprint density at radius 3 is 2.56 bits per heavy atom. The normalized spacial score (nSPS) is 20.7. The van der Waals surface area contributed by atoms with Crippen molar-refractivity contribution >= 4 is 29.1 Å². The summed E-state index contributed by atoms with van der Waals surface area (Å²) in [6, 6.07) is 8.22. The van der Waals surface area contributed by atoms with Gasteiger partial charge in [0.2, 0.25) is 17.7 Å². The van der Waals surface area contributed by atoms with E-state index < -0.39 is 0 Å². The Morgan fingerprint density at radius 2 is 1.81 bits per heavy atom. The third kappa shape index (κ3) is 4.30. The molecule has 0 aromatic heterocycles. The highest BCUT2D eigenvalue weighted by Gasteiger charge is 2.32. The van der Waals surface area contributed by atoms with Gasteiger partial charge in [-0.2, -0.15) is 0 Å². The number of anilines is 2. The molecular formula is C20H26N4O3. The summed E-state index contributed by atoms with van der Waals surface area (Å²) in [6.45, 7) is 2.10. The van der Waals surface area contributed by atoms with Crippen LogP contribution in [0.4, 0.5) is 11.4 Å². The van der Waals surface area contributed by atoms with Crippen LogP contribution in [0.2, 0.25) is 0 Å². The second kappa shape index (κ2) is 7.68. The molecule has 3 amide bonds. The van der Waals surface area contributed by atoms with Crippen LogP contribution in [-0.4, -0.2) is 54.3 Å². The van der Waals surface area contributed by atoms with Gasteiger partial charge in [-0.15, -0.1) is 0 Å². The summed E-state index contributed by atoms with van der Waals surface area (Å²) in [6.07, 6.45) is 4.86. The van der Waals surface area contributed by atoms with Crippen LogP contribution in [0.1, 0.15) is 38.5 Å². The largest absolute Gasteiger partial charge is 0.353 e. The number of nitrogens with one attached hydrogen (secondary N) is 2. The second-order valence-electron chi connectivity index (χ2n) is 7.65. The number of rotatable bonds is 5. The molecule has 1 saturated carbocycles. The lowest BCUT2D eigenvalue weighted by molar-refractivity contribution is -0.126. The van der Waals surface area contributed by atoms with Crippen molar-refractivity contribution in [3.05, 3.63) is 24.3 Å². The molecule has 27 heavy (non-hydrogen) atoms. The third-order valence-corrected chi connectivity index (χ3v) is 5.60. The SMILES string of the molecule is O=C1CN(C(=O)CCC(=O)NC2CCN(C3CC3)CC2)c2ccccc2N1. The van der Waals surface area contributed by atoms with E-state index in [2.05, 4.69) is 15.5 Å². The highest BCUT2D eigenvalue weighted by atomic mass is 16.2. The minimum Gasteiger partial charge on any atom is -0.353 e. The fourth-order valence-corrected chi connectivity index (χ4v) is 3.96. The van der Waals surface area contributed by atoms with Crippen molar-refractivity contribution in [3.63, 3.8) is 0 Å². The monoisotopic (exact) mass is 370 g/mol. The van der Waals surface area contributed by atoms with Crippen molar-refractivity contribution in [2.75, 3.05) is 29.9 Å². The lowest BCUT2D eigenvalue weighted by Crippen LogP contribution is -2.46. The van der Waals surface area contributed by atoms with E-state index in [1.807, 2.05) is 12.1 Å². The van der Waals surface area contributed by atoms with E-state index in [0.29, 0.717) is 11.4 Å². The van der Waals surface area contributed by atoms with Gasteiger partial charge in [-0.1, -0.05) is 12.1 Å². The lowest BCUT2D eigenvalue weighted by atomic mass is 10.0. The molecule has 0 atom stereocenters. The number of benzene rings is 1. The van der Waals surface area contributed by atoms with E-state index in [4.69, 9.17) is 0 Å². The van der Waals surface area contributed by atoms with Crippen molar-refractivity contribution in [1.29, 1.82) is 0 Å². The van der Waals surface area contributed by atoms with E-state index in [0.717, 1.165) is 32.0 Å². The lowest BCUT2D eigenvalue weighted by Gasteiger charge is -2.32. The van der Waals surface area contributed by atoms with Crippen LogP contribution in [0.25, 0.3) is 0 Å². The zero-order valence-corrected chi connectivity index (χ0v) is 15.4. The van der Waals surface area contributed by atoms with Crippen molar-refractivity contribution < 1.29 is 14.4 Å². The van der Waals surface area contributed by atoms with Crippen molar-refractivity contribution in [1.82, 2.24) is 10.2 Å². The molecule has 4 rings (SSSR count). The van der Waals surface area contributed by atoms with Crippen molar-refractivity contribution in [2.45, 2.75) is 50.6 Å². The van der Waals surface area contributed by atoms with E-state index in [9.17, 15) is 14.4 Å². The number of piperidine rings is 1. The summed E-state index contributed by atoms with van der Waals surface area (Å²) < 4.78 is 0. The topological polar surface area (TPSA) is 81.8 Å². The van der Waals surface area contributed by atoms with Gasteiger partial charge in [0, 0.05) is 38.0 Å². The summed E-state index contributed by atoms with van der Waals surface area (Å²) in [4.78, 5) is 40.7. The Bertz CT molecular complexity index is 738. The molecule has 0 spiro atoms. The molecule has 7 heteroatoms. The average Bonchev–Trinajstić information content (AvgIpc) is 3.51. The van der Waals surface area contributed by atoms with Gasteiger partial charge < -0.3 is 20.4 Å². The number of fused-ring (bicyclic) bond motifs is 1. The summed E-state index contributed by atoms with van der Waals surface area (Å²) >= 11 is 0. The molecule has 2 heterocycles. The van der Waals surface area contributed by atoms with Crippen molar-refractivity contribution in [2.24, 2.45) is 0 Å². The Balaban J connectivity index is 1.25. The third-order valence-electron chi connectivity index (χ3n) is 5.60. The molecule has 1 aliphatic carbocycles. The molecule has 0 unspecified atom stereocenters. The molecule has 0 bridgehead atoms. The number of carbonyl (C=O) groups excluding carboxylic acids is 3. The van der Waals surface area contributed by atoms with E-state index >= 15 is 0 Å². The Kier molecular flexibility index (Phi) is 5.11. The predicted molar refractivity (Wildman–Crippen MR) is 102 cm³/mol. The Morgan fingerprint density at radius 1 is 1.07 bits per heavy atom. The zero-order chi connectivity index (χ0) is 18.8. The number of likely N-dealkylation sites (tertiary alicyclic amines) is 1. The first-order valence-electron chi connectivity index (χ1n) is 9.83. The molecule has 2 aliphatic heterocycles. The maximum atomic E-state index is 12.6. The van der Waals surface area contributed by atoms with Gasteiger partial charge in [-0.05, 0) is 37.8 Å². The number of amides is 3.